The summed E-state index contributed by atoms with van der Waals surface area (Å²) in [4.78, 5) is 37.5. The Morgan fingerprint density at radius 2 is 1.65 bits per heavy atom. The minimum atomic E-state index is -0.925. The van der Waals surface area contributed by atoms with Crippen molar-refractivity contribution in [3.63, 3.8) is 0 Å². The van der Waals surface area contributed by atoms with Gasteiger partial charge in [-0.25, -0.2) is 18.2 Å². The number of anilines is 2. The highest BCUT2D eigenvalue weighted by molar-refractivity contribution is 6.05. The number of carbonyl (C=O) groups is 1. The number of carbonyl (C=O) groups excluding carboxylic acids is 1. The number of hydrogen-bond donors (Lipinski definition) is 2. The zero-order valence-corrected chi connectivity index (χ0v) is 23.8. The Morgan fingerprint density at radius 3 is 2.35 bits per heavy atom. The van der Waals surface area contributed by atoms with Gasteiger partial charge in [-0.05, 0) is 94.1 Å². The zero-order valence-electron chi connectivity index (χ0n) is 23.8. The summed E-state index contributed by atoms with van der Waals surface area (Å²) >= 11 is 0. The molecule has 0 spiro atoms. The van der Waals surface area contributed by atoms with Crippen LogP contribution in [0, 0.1) is 24.4 Å². The lowest BCUT2D eigenvalue weighted by Crippen LogP contribution is -2.22. The molecule has 0 aliphatic heterocycles. The van der Waals surface area contributed by atoms with E-state index in [1.54, 1.807) is 18.2 Å². The quantitative estimate of drug-likeness (QED) is 0.213. The number of para-hydroxylation sites is 1. The van der Waals surface area contributed by atoms with Gasteiger partial charge in [0.2, 0.25) is 5.95 Å². The fourth-order valence-electron chi connectivity index (χ4n) is 4.67. The molecule has 0 unspecified atom stereocenters. The normalized spacial score (nSPS) is 11.2. The number of rotatable bonds is 9. The van der Waals surface area contributed by atoms with E-state index in [2.05, 4.69) is 15.6 Å². The van der Waals surface area contributed by atoms with Gasteiger partial charge in [-0.1, -0.05) is 12.1 Å². The van der Waals surface area contributed by atoms with Crippen LogP contribution >= 0.6 is 0 Å². The molecule has 0 bridgehead atoms. The highest BCUT2D eigenvalue weighted by atomic mass is 19.1. The number of halogens is 3. The van der Waals surface area contributed by atoms with Crippen molar-refractivity contribution >= 4 is 28.6 Å². The monoisotopic (exact) mass is 586 g/mol. The molecule has 0 saturated carbocycles. The first-order valence-electron chi connectivity index (χ1n) is 13.6. The van der Waals surface area contributed by atoms with E-state index in [0.29, 0.717) is 34.4 Å². The summed E-state index contributed by atoms with van der Waals surface area (Å²) < 4.78 is 44.2. The predicted molar refractivity (Wildman–Crippen MR) is 161 cm³/mol. The van der Waals surface area contributed by atoms with Gasteiger partial charge in [-0.15, -0.1) is 0 Å². The van der Waals surface area contributed by atoms with Gasteiger partial charge in [0.05, 0.1) is 5.69 Å². The molecule has 0 aliphatic carbocycles. The van der Waals surface area contributed by atoms with Gasteiger partial charge in [0.1, 0.15) is 23.1 Å². The van der Waals surface area contributed by atoms with Crippen LogP contribution in [0.1, 0.15) is 22.3 Å². The van der Waals surface area contributed by atoms with E-state index in [4.69, 9.17) is 4.98 Å². The maximum Gasteiger partial charge on any atom is 0.256 e. The molecule has 0 fully saturated rings. The van der Waals surface area contributed by atoms with E-state index in [0.717, 1.165) is 35.2 Å². The van der Waals surface area contributed by atoms with E-state index in [1.807, 2.05) is 25.9 Å². The molecule has 8 nitrogen and oxygen atoms in total. The fourth-order valence-corrected chi connectivity index (χ4v) is 4.67. The number of aromatic nitrogens is 3. The molecule has 11 heteroatoms. The summed E-state index contributed by atoms with van der Waals surface area (Å²) in [7, 11) is 3.91. The van der Waals surface area contributed by atoms with Crippen molar-refractivity contribution in [3.05, 3.63) is 112 Å². The van der Waals surface area contributed by atoms with Gasteiger partial charge >= 0.3 is 0 Å². The van der Waals surface area contributed by atoms with Gasteiger partial charge in [0.25, 0.3) is 11.5 Å². The van der Waals surface area contributed by atoms with Crippen LogP contribution in [-0.2, 0) is 0 Å². The third kappa shape index (κ3) is 6.41. The highest BCUT2D eigenvalue weighted by Gasteiger charge is 2.21. The number of pyridine rings is 1. The summed E-state index contributed by atoms with van der Waals surface area (Å²) in [6.07, 6.45) is 0.755. The van der Waals surface area contributed by atoms with Crippen LogP contribution in [-0.4, -0.2) is 52.5 Å². The minimum absolute atomic E-state index is 0.00261. The lowest BCUT2D eigenvalue weighted by Gasteiger charge is -2.17. The average Bonchev–Trinajstić information content (AvgIpc) is 2.97. The smallest absolute Gasteiger partial charge is 0.256 e. The van der Waals surface area contributed by atoms with E-state index < -0.39 is 34.6 Å². The highest BCUT2D eigenvalue weighted by Crippen LogP contribution is 2.32. The third-order valence-electron chi connectivity index (χ3n) is 6.83. The van der Waals surface area contributed by atoms with Gasteiger partial charge in [0, 0.05) is 34.8 Å². The van der Waals surface area contributed by atoms with Crippen LogP contribution in [0.2, 0.25) is 0 Å². The van der Waals surface area contributed by atoms with Gasteiger partial charge < -0.3 is 15.5 Å². The van der Waals surface area contributed by atoms with Crippen molar-refractivity contribution in [2.45, 2.75) is 13.3 Å². The number of nitrogens with zero attached hydrogens (tertiary/aromatic N) is 4. The van der Waals surface area contributed by atoms with Crippen molar-refractivity contribution in [1.29, 1.82) is 0 Å². The SMILES string of the molecule is Cc1ccc(C(=O)Nc2ccc(F)cc2)cc1-c1nc(NCCCN(C)C)nc2c1ccc(=O)n2-c1c(F)cccc1F. The molecule has 2 N–H and O–H groups in total. The molecule has 5 rings (SSSR count). The topological polar surface area (TPSA) is 92.2 Å². The van der Waals surface area contributed by atoms with Crippen LogP contribution in [0.5, 0.6) is 0 Å². The molecule has 1 amide bonds. The molecule has 2 aromatic heterocycles. The second kappa shape index (κ2) is 12.5. The fraction of sp³-hybridized carbons (Fsp3) is 0.188. The number of nitrogens with one attached hydrogen (secondary N) is 2. The van der Waals surface area contributed by atoms with Crippen LogP contribution < -0.4 is 16.2 Å². The molecule has 43 heavy (non-hydrogen) atoms. The van der Waals surface area contributed by atoms with Crippen molar-refractivity contribution in [2.75, 3.05) is 37.8 Å². The molecule has 2 heterocycles. The first-order chi connectivity index (χ1) is 20.6. The van der Waals surface area contributed by atoms with Crippen LogP contribution in [0.25, 0.3) is 28.0 Å². The van der Waals surface area contributed by atoms with Crippen molar-refractivity contribution in [1.82, 2.24) is 19.4 Å². The van der Waals surface area contributed by atoms with E-state index in [-0.39, 0.29) is 11.6 Å². The van der Waals surface area contributed by atoms with Gasteiger partial charge in [-0.3, -0.25) is 14.2 Å². The Kier molecular flexibility index (Phi) is 8.53. The van der Waals surface area contributed by atoms with E-state index >= 15 is 0 Å². The molecule has 3 aromatic carbocycles. The zero-order chi connectivity index (χ0) is 30.7. The lowest BCUT2D eigenvalue weighted by molar-refractivity contribution is 0.102. The number of benzene rings is 3. The van der Waals surface area contributed by atoms with Gasteiger partial charge in [-0.2, -0.15) is 4.98 Å². The number of hydrogen-bond acceptors (Lipinski definition) is 6. The van der Waals surface area contributed by atoms with Gasteiger partial charge in [0.15, 0.2) is 5.65 Å². The Bertz CT molecular complexity index is 1850. The van der Waals surface area contributed by atoms with Crippen LogP contribution in [0.4, 0.5) is 24.8 Å². The van der Waals surface area contributed by atoms with Crippen LogP contribution in [0.15, 0.2) is 77.6 Å². The summed E-state index contributed by atoms with van der Waals surface area (Å²) in [6.45, 7) is 3.12. The van der Waals surface area contributed by atoms with Crippen molar-refractivity contribution < 1.29 is 18.0 Å². The maximum atomic E-state index is 15.0. The van der Waals surface area contributed by atoms with Crippen molar-refractivity contribution in [3.8, 4) is 16.9 Å². The second-order valence-electron chi connectivity index (χ2n) is 10.3. The molecule has 220 valence electrons. The molecule has 5 aromatic rings. The average molecular weight is 587 g/mol. The summed E-state index contributed by atoms with van der Waals surface area (Å²) in [5, 5.41) is 6.25. The first kappa shape index (κ1) is 29.5. The molecule has 0 atom stereocenters. The predicted octanol–water partition coefficient (Wildman–Crippen LogP) is 5.79. The third-order valence-corrected chi connectivity index (χ3v) is 6.83. The first-order valence-corrected chi connectivity index (χ1v) is 13.6. The Labute approximate surface area is 245 Å². The Hall–Kier alpha value is -5.03. The lowest BCUT2D eigenvalue weighted by atomic mass is 9.99. The molecule has 0 radical (unpaired) electrons. The van der Waals surface area contributed by atoms with Crippen LogP contribution in [0.3, 0.4) is 0 Å². The molecule has 0 aliphatic rings. The Balaban J connectivity index is 1.67. The minimum Gasteiger partial charge on any atom is -0.354 e. The van der Waals surface area contributed by atoms with E-state index in [1.165, 1.54) is 42.5 Å². The molecular weight excluding hydrogens is 557 g/mol. The maximum absolute atomic E-state index is 15.0. The van der Waals surface area contributed by atoms with Crippen molar-refractivity contribution in [2.24, 2.45) is 0 Å². The number of aryl methyl sites for hydroxylation is 1. The molecule has 0 saturated heterocycles. The number of amides is 1. The standard InChI is InChI=1S/C32H29F3N6O2/c1-19-8-9-20(31(43)37-22-12-10-21(33)11-13-22)18-24(19)28-23-14-15-27(42)41(29-25(34)6-4-7-26(29)35)30(23)39-32(38-28)36-16-5-17-40(2)3/h4,6-15,18H,5,16-17H2,1-3H3,(H,37,43)(H,36,38,39). The number of fused-ring (bicyclic) bond motifs is 1. The van der Waals surface area contributed by atoms with E-state index in [9.17, 15) is 22.8 Å². The Morgan fingerprint density at radius 1 is 0.930 bits per heavy atom. The molecular formula is C32H29F3N6O2. The summed E-state index contributed by atoms with van der Waals surface area (Å²) in [5.41, 5.74) is 1.15. The second-order valence-corrected chi connectivity index (χ2v) is 10.3. The summed E-state index contributed by atoms with van der Waals surface area (Å²) in [5.74, 6) is -2.56. The largest absolute Gasteiger partial charge is 0.354 e. The summed E-state index contributed by atoms with van der Waals surface area (Å²) in [6, 6.07) is 16.5.